The van der Waals surface area contributed by atoms with E-state index in [9.17, 15) is 4.39 Å². The molecule has 0 atom stereocenters. The summed E-state index contributed by atoms with van der Waals surface area (Å²) in [5.41, 5.74) is 0. The van der Waals surface area contributed by atoms with Crippen LogP contribution >= 0.6 is 11.6 Å². The molecular formula is C9H10ClFO. The van der Waals surface area contributed by atoms with Crippen LogP contribution in [0.25, 0.3) is 0 Å². The maximum atomic E-state index is 12.8. The lowest BCUT2D eigenvalue weighted by Crippen LogP contribution is -2.06. The first-order chi connectivity index (χ1) is 5.61. The van der Waals surface area contributed by atoms with Crippen LogP contribution in [-0.4, -0.2) is 6.10 Å². The molecule has 0 unspecified atom stereocenters. The molecule has 0 amide bonds. The van der Waals surface area contributed by atoms with Crippen molar-refractivity contribution in [2.24, 2.45) is 0 Å². The third-order valence-corrected chi connectivity index (χ3v) is 1.65. The van der Waals surface area contributed by atoms with Gasteiger partial charge in [-0.3, -0.25) is 0 Å². The number of benzene rings is 1. The summed E-state index contributed by atoms with van der Waals surface area (Å²) in [5, 5.41) is 0.0474. The van der Waals surface area contributed by atoms with E-state index in [0.717, 1.165) is 0 Å². The summed E-state index contributed by atoms with van der Waals surface area (Å²) in [5.74, 6) is -0.0542. The molecule has 0 heterocycles. The predicted octanol–water partition coefficient (Wildman–Crippen LogP) is 3.27. The molecule has 0 saturated carbocycles. The van der Waals surface area contributed by atoms with Gasteiger partial charge in [0.25, 0.3) is 0 Å². The number of rotatable bonds is 2. The Morgan fingerprint density at radius 3 is 2.67 bits per heavy atom. The van der Waals surface area contributed by atoms with Gasteiger partial charge >= 0.3 is 0 Å². The van der Waals surface area contributed by atoms with Crippen molar-refractivity contribution < 1.29 is 9.13 Å². The van der Waals surface area contributed by atoms with Gasteiger partial charge < -0.3 is 4.74 Å². The molecule has 0 radical (unpaired) electrons. The normalized spacial score (nSPS) is 10.4. The molecule has 0 N–H and O–H groups in total. The highest BCUT2D eigenvalue weighted by atomic mass is 35.5. The van der Waals surface area contributed by atoms with Crippen molar-refractivity contribution in [3.05, 3.63) is 29.0 Å². The number of hydrogen-bond donors (Lipinski definition) is 0. The largest absolute Gasteiger partial charge is 0.489 e. The van der Waals surface area contributed by atoms with Crippen LogP contribution in [0.4, 0.5) is 4.39 Å². The van der Waals surface area contributed by atoms with E-state index in [1.807, 2.05) is 13.8 Å². The van der Waals surface area contributed by atoms with E-state index in [2.05, 4.69) is 0 Å². The zero-order chi connectivity index (χ0) is 9.14. The molecule has 3 heteroatoms. The van der Waals surface area contributed by atoms with E-state index >= 15 is 0 Å². The van der Waals surface area contributed by atoms with Crippen molar-refractivity contribution in [3.8, 4) is 5.75 Å². The summed E-state index contributed by atoms with van der Waals surface area (Å²) in [4.78, 5) is 0. The lowest BCUT2D eigenvalue weighted by atomic mass is 10.3. The molecule has 1 nitrogen and oxygen atoms in total. The average Bonchev–Trinajstić information content (AvgIpc) is 1.98. The minimum absolute atomic E-state index is 0.00398. The summed E-state index contributed by atoms with van der Waals surface area (Å²) in [6.45, 7) is 3.72. The van der Waals surface area contributed by atoms with E-state index < -0.39 is 5.82 Å². The molecular weight excluding hydrogens is 179 g/mol. The van der Waals surface area contributed by atoms with Crippen molar-refractivity contribution >= 4 is 11.6 Å². The zero-order valence-electron chi connectivity index (χ0n) is 6.97. The Hall–Kier alpha value is -0.760. The Labute approximate surface area is 76.1 Å². The van der Waals surface area contributed by atoms with Gasteiger partial charge in [-0.2, -0.15) is 0 Å². The van der Waals surface area contributed by atoms with Gasteiger partial charge in [-0.15, -0.1) is 0 Å². The topological polar surface area (TPSA) is 9.23 Å². The predicted molar refractivity (Wildman–Crippen MR) is 47.2 cm³/mol. The third kappa shape index (κ3) is 2.11. The van der Waals surface area contributed by atoms with Crippen LogP contribution in [0.5, 0.6) is 5.75 Å². The number of hydrogen-bond acceptors (Lipinski definition) is 1. The first kappa shape index (κ1) is 9.33. The lowest BCUT2D eigenvalue weighted by Gasteiger charge is -2.10. The van der Waals surface area contributed by atoms with E-state index in [-0.39, 0.29) is 11.1 Å². The molecule has 0 fully saturated rings. The highest BCUT2D eigenvalue weighted by Gasteiger charge is 2.07. The summed E-state index contributed by atoms with van der Waals surface area (Å²) < 4.78 is 18.1. The Kier molecular flexibility index (Phi) is 2.93. The maximum absolute atomic E-state index is 12.8. The van der Waals surface area contributed by atoms with Gasteiger partial charge in [0.1, 0.15) is 16.6 Å². The molecule has 1 rings (SSSR count). The van der Waals surface area contributed by atoms with Crippen molar-refractivity contribution in [1.82, 2.24) is 0 Å². The second-order valence-electron chi connectivity index (χ2n) is 2.72. The van der Waals surface area contributed by atoms with Crippen molar-refractivity contribution in [2.75, 3.05) is 0 Å². The summed E-state index contributed by atoms with van der Waals surface area (Å²) in [6.07, 6.45) is 0.00398. The fourth-order valence-electron chi connectivity index (χ4n) is 0.829. The molecule has 0 aliphatic heterocycles. The van der Waals surface area contributed by atoms with E-state index in [1.165, 1.54) is 6.07 Å². The summed E-state index contributed by atoms with van der Waals surface area (Å²) in [6, 6.07) is 4.51. The maximum Gasteiger partial charge on any atom is 0.145 e. The first-order valence-electron chi connectivity index (χ1n) is 3.72. The van der Waals surface area contributed by atoms with Gasteiger partial charge in [-0.05, 0) is 26.0 Å². The average molecular weight is 189 g/mol. The van der Waals surface area contributed by atoms with Crippen molar-refractivity contribution in [3.63, 3.8) is 0 Å². The van der Waals surface area contributed by atoms with Gasteiger partial charge in [-0.25, -0.2) is 4.39 Å². The van der Waals surface area contributed by atoms with Crippen molar-refractivity contribution in [2.45, 2.75) is 20.0 Å². The molecule has 0 aliphatic carbocycles. The zero-order valence-corrected chi connectivity index (χ0v) is 7.73. The van der Waals surface area contributed by atoms with E-state index in [1.54, 1.807) is 12.1 Å². The van der Waals surface area contributed by atoms with Crippen molar-refractivity contribution in [1.29, 1.82) is 0 Å². The lowest BCUT2D eigenvalue weighted by molar-refractivity contribution is 0.241. The molecule has 1 aromatic carbocycles. The van der Waals surface area contributed by atoms with Gasteiger partial charge in [0.05, 0.1) is 6.10 Å². The Balaban J connectivity index is 2.92. The second kappa shape index (κ2) is 3.76. The monoisotopic (exact) mass is 188 g/mol. The molecule has 1 aromatic rings. The second-order valence-corrected chi connectivity index (χ2v) is 3.10. The highest BCUT2D eigenvalue weighted by molar-refractivity contribution is 6.32. The molecule has 0 aliphatic rings. The van der Waals surface area contributed by atoms with Crippen LogP contribution in [0.15, 0.2) is 18.2 Å². The van der Waals surface area contributed by atoms with Crippen LogP contribution < -0.4 is 4.74 Å². The Morgan fingerprint density at radius 1 is 1.42 bits per heavy atom. The molecule has 66 valence electrons. The van der Waals surface area contributed by atoms with Crippen LogP contribution in [-0.2, 0) is 0 Å². The summed E-state index contributed by atoms with van der Waals surface area (Å²) >= 11 is 5.64. The molecule has 0 spiro atoms. The van der Waals surface area contributed by atoms with Crippen LogP contribution in [0.3, 0.4) is 0 Å². The Morgan fingerprint density at radius 2 is 2.08 bits per heavy atom. The minimum Gasteiger partial charge on any atom is -0.489 e. The molecule has 0 aromatic heterocycles. The number of halogens is 2. The smallest absolute Gasteiger partial charge is 0.145 e. The van der Waals surface area contributed by atoms with Crippen LogP contribution in [0.1, 0.15) is 13.8 Å². The van der Waals surface area contributed by atoms with Gasteiger partial charge in [-0.1, -0.05) is 17.7 Å². The highest BCUT2D eigenvalue weighted by Crippen LogP contribution is 2.27. The van der Waals surface area contributed by atoms with Gasteiger partial charge in [0.15, 0.2) is 0 Å². The van der Waals surface area contributed by atoms with Gasteiger partial charge in [0.2, 0.25) is 0 Å². The molecule has 0 saturated heterocycles. The van der Waals surface area contributed by atoms with Crippen LogP contribution in [0.2, 0.25) is 5.02 Å². The Bertz CT molecular complexity index is 273. The van der Waals surface area contributed by atoms with E-state index in [0.29, 0.717) is 5.75 Å². The first-order valence-corrected chi connectivity index (χ1v) is 4.09. The fourth-order valence-corrected chi connectivity index (χ4v) is 0.999. The standard InChI is InChI=1S/C9H10ClFO/c1-6(2)12-8-5-3-4-7(11)9(8)10/h3-6H,1-2H3. The van der Waals surface area contributed by atoms with Gasteiger partial charge in [0, 0.05) is 0 Å². The SMILES string of the molecule is CC(C)Oc1cccc(F)c1Cl. The summed E-state index contributed by atoms with van der Waals surface area (Å²) in [7, 11) is 0. The van der Waals surface area contributed by atoms with E-state index in [4.69, 9.17) is 16.3 Å². The molecule has 12 heavy (non-hydrogen) atoms. The minimum atomic E-state index is -0.449. The quantitative estimate of drug-likeness (QED) is 0.692. The van der Waals surface area contributed by atoms with Crippen LogP contribution in [0, 0.1) is 5.82 Å². The fraction of sp³-hybridized carbons (Fsp3) is 0.333. The number of ether oxygens (including phenoxy) is 1. The third-order valence-electron chi connectivity index (χ3n) is 1.28. The molecule has 0 bridgehead atoms.